The van der Waals surface area contributed by atoms with Crippen molar-refractivity contribution in [2.75, 3.05) is 27.2 Å². The van der Waals surface area contributed by atoms with Crippen molar-refractivity contribution in [1.82, 2.24) is 4.90 Å². The van der Waals surface area contributed by atoms with Crippen molar-refractivity contribution < 1.29 is 4.74 Å². The Labute approximate surface area is 115 Å². The molecular weight excluding hydrogens is 236 g/mol. The first kappa shape index (κ1) is 13.8. The molecule has 0 amide bonds. The number of rotatable bonds is 6. The highest BCUT2D eigenvalue weighted by molar-refractivity contribution is 5.91. The molecule has 0 saturated carbocycles. The quantitative estimate of drug-likeness (QED) is 0.809. The summed E-state index contributed by atoms with van der Waals surface area (Å²) in [7, 11) is 4.15. The van der Waals surface area contributed by atoms with Crippen LogP contribution < -0.4 is 10.5 Å². The fourth-order valence-corrected chi connectivity index (χ4v) is 2.20. The van der Waals surface area contributed by atoms with E-state index in [0.717, 1.165) is 36.3 Å². The van der Waals surface area contributed by atoms with Gasteiger partial charge in [-0.25, -0.2) is 0 Å². The summed E-state index contributed by atoms with van der Waals surface area (Å²) in [5.74, 6) is 0.951. The van der Waals surface area contributed by atoms with E-state index in [0.29, 0.717) is 6.54 Å². The molecule has 0 aliphatic heterocycles. The zero-order valence-electron chi connectivity index (χ0n) is 11.7. The molecule has 0 unspecified atom stereocenters. The second-order valence-corrected chi connectivity index (χ2v) is 4.98. The first-order valence-corrected chi connectivity index (χ1v) is 6.70. The minimum absolute atomic E-state index is 0.557. The maximum atomic E-state index is 5.90. The van der Waals surface area contributed by atoms with E-state index in [4.69, 9.17) is 10.5 Å². The molecule has 0 spiro atoms. The number of hydrogen-bond donors (Lipinski definition) is 1. The highest BCUT2D eigenvalue weighted by Crippen LogP contribution is 2.28. The lowest BCUT2D eigenvalue weighted by Crippen LogP contribution is -2.15. The van der Waals surface area contributed by atoms with Crippen LogP contribution in [0.3, 0.4) is 0 Å². The van der Waals surface area contributed by atoms with E-state index in [1.165, 1.54) is 5.39 Å². The minimum Gasteiger partial charge on any atom is -0.493 e. The van der Waals surface area contributed by atoms with Crippen molar-refractivity contribution in [2.24, 2.45) is 5.73 Å². The summed E-state index contributed by atoms with van der Waals surface area (Å²) < 4.78 is 5.90. The van der Waals surface area contributed by atoms with Gasteiger partial charge >= 0.3 is 0 Å². The predicted octanol–water partition coefficient (Wildman–Crippen LogP) is 2.63. The molecule has 2 rings (SSSR count). The van der Waals surface area contributed by atoms with Gasteiger partial charge in [-0.1, -0.05) is 30.3 Å². The third-order valence-corrected chi connectivity index (χ3v) is 3.20. The van der Waals surface area contributed by atoms with Crippen LogP contribution in [-0.2, 0) is 6.54 Å². The number of ether oxygens (including phenoxy) is 1. The first-order valence-electron chi connectivity index (χ1n) is 6.70. The fourth-order valence-electron chi connectivity index (χ4n) is 2.20. The molecule has 0 bridgehead atoms. The molecule has 0 heterocycles. The van der Waals surface area contributed by atoms with Crippen LogP contribution >= 0.6 is 0 Å². The molecule has 3 nitrogen and oxygen atoms in total. The molecular formula is C16H22N2O. The summed E-state index contributed by atoms with van der Waals surface area (Å²) in [4.78, 5) is 2.17. The number of benzene rings is 2. The van der Waals surface area contributed by atoms with Crippen molar-refractivity contribution in [3.05, 3.63) is 42.0 Å². The largest absolute Gasteiger partial charge is 0.493 e. The van der Waals surface area contributed by atoms with Gasteiger partial charge in [-0.2, -0.15) is 0 Å². The fraction of sp³-hybridized carbons (Fsp3) is 0.375. The van der Waals surface area contributed by atoms with Crippen LogP contribution in [0, 0.1) is 0 Å². The molecule has 0 saturated heterocycles. The van der Waals surface area contributed by atoms with E-state index in [9.17, 15) is 0 Å². The summed E-state index contributed by atoms with van der Waals surface area (Å²) in [6.07, 6.45) is 1.03. The van der Waals surface area contributed by atoms with Gasteiger partial charge in [-0.3, -0.25) is 0 Å². The maximum Gasteiger partial charge on any atom is 0.127 e. The Bertz CT molecular complexity index is 537. The van der Waals surface area contributed by atoms with Crippen LogP contribution in [0.2, 0.25) is 0 Å². The van der Waals surface area contributed by atoms with E-state index in [2.05, 4.69) is 37.2 Å². The molecule has 0 aliphatic rings. The monoisotopic (exact) mass is 258 g/mol. The molecule has 2 aromatic rings. The molecule has 2 aromatic carbocycles. The molecule has 0 atom stereocenters. The standard InChI is InChI=1S/C16H22N2O/c1-18(2)10-5-11-19-16-9-8-13(12-17)14-6-3-4-7-15(14)16/h3-4,6-9H,5,10-12,17H2,1-2H3. The zero-order valence-corrected chi connectivity index (χ0v) is 11.7. The molecule has 0 fully saturated rings. The minimum atomic E-state index is 0.557. The third kappa shape index (κ3) is 3.46. The molecule has 0 radical (unpaired) electrons. The number of nitrogens with two attached hydrogens (primary N) is 1. The third-order valence-electron chi connectivity index (χ3n) is 3.20. The molecule has 0 aromatic heterocycles. The Morgan fingerprint density at radius 1 is 1.05 bits per heavy atom. The topological polar surface area (TPSA) is 38.5 Å². The SMILES string of the molecule is CN(C)CCCOc1ccc(CN)c2ccccc12. The van der Waals surface area contributed by atoms with Crippen molar-refractivity contribution in [3.63, 3.8) is 0 Å². The highest BCUT2D eigenvalue weighted by atomic mass is 16.5. The van der Waals surface area contributed by atoms with Crippen molar-refractivity contribution in [3.8, 4) is 5.75 Å². The van der Waals surface area contributed by atoms with E-state index < -0.39 is 0 Å². The molecule has 102 valence electrons. The summed E-state index contributed by atoms with van der Waals surface area (Å²) in [6, 6.07) is 12.4. The van der Waals surface area contributed by atoms with Gasteiger partial charge in [-0.15, -0.1) is 0 Å². The maximum absolute atomic E-state index is 5.90. The molecule has 3 heteroatoms. The van der Waals surface area contributed by atoms with Crippen LogP contribution in [-0.4, -0.2) is 32.1 Å². The Kier molecular flexibility index (Phi) is 4.77. The lowest BCUT2D eigenvalue weighted by Gasteiger charge is -2.13. The molecule has 0 aliphatic carbocycles. The van der Waals surface area contributed by atoms with Crippen molar-refractivity contribution in [2.45, 2.75) is 13.0 Å². The van der Waals surface area contributed by atoms with Gasteiger partial charge in [0.15, 0.2) is 0 Å². The zero-order chi connectivity index (χ0) is 13.7. The van der Waals surface area contributed by atoms with Crippen LogP contribution in [0.4, 0.5) is 0 Å². The normalized spacial score (nSPS) is 11.2. The van der Waals surface area contributed by atoms with Crippen LogP contribution in [0.1, 0.15) is 12.0 Å². The summed E-state index contributed by atoms with van der Waals surface area (Å²) in [6.45, 7) is 2.34. The van der Waals surface area contributed by atoms with E-state index in [1.807, 2.05) is 18.2 Å². The van der Waals surface area contributed by atoms with Crippen molar-refractivity contribution in [1.29, 1.82) is 0 Å². The predicted molar refractivity (Wildman–Crippen MR) is 80.5 cm³/mol. The van der Waals surface area contributed by atoms with E-state index in [1.54, 1.807) is 0 Å². The highest BCUT2D eigenvalue weighted by Gasteiger charge is 2.05. The molecule has 2 N–H and O–H groups in total. The number of hydrogen-bond acceptors (Lipinski definition) is 3. The summed E-state index contributed by atoms with van der Waals surface area (Å²) in [5, 5.41) is 2.34. The molecule has 19 heavy (non-hydrogen) atoms. The average molecular weight is 258 g/mol. The van der Waals surface area contributed by atoms with E-state index in [-0.39, 0.29) is 0 Å². The smallest absolute Gasteiger partial charge is 0.127 e. The Balaban J connectivity index is 2.15. The van der Waals surface area contributed by atoms with Gasteiger partial charge in [0.25, 0.3) is 0 Å². The Hall–Kier alpha value is -1.58. The number of nitrogens with zero attached hydrogens (tertiary/aromatic N) is 1. The van der Waals surface area contributed by atoms with Crippen LogP contribution in [0.15, 0.2) is 36.4 Å². The summed E-state index contributed by atoms with van der Waals surface area (Å²) >= 11 is 0. The lowest BCUT2D eigenvalue weighted by molar-refractivity contribution is 0.284. The van der Waals surface area contributed by atoms with Gasteiger partial charge in [0.2, 0.25) is 0 Å². The van der Waals surface area contributed by atoms with Gasteiger partial charge in [0.05, 0.1) is 6.61 Å². The lowest BCUT2D eigenvalue weighted by atomic mass is 10.0. The Morgan fingerprint density at radius 3 is 2.47 bits per heavy atom. The van der Waals surface area contributed by atoms with Crippen molar-refractivity contribution >= 4 is 10.8 Å². The van der Waals surface area contributed by atoms with Crippen LogP contribution in [0.25, 0.3) is 10.8 Å². The second kappa shape index (κ2) is 6.55. The summed E-state index contributed by atoms with van der Waals surface area (Å²) in [5.41, 5.74) is 6.94. The van der Waals surface area contributed by atoms with Gasteiger partial charge in [-0.05, 0) is 37.5 Å². The van der Waals surface area contributed by atoms with E-state index >= 15 is 0 Å². The number of fused-ring (bicyclic) bond motifs is 1. The first-order chi connectivity index (χ1) is 9.22. The van der Waals surface area contributed by atoms with Gasteiger partial charge in [0.1, 0.15) is 5.75 Å². The average Bonchev–Trinajstić information content (AvgIpc) is 2.43. The van der Waals surface area contributed by atoms with Gasteiger partial charge in [0, 0.05) is 18.5 Å². The Morgan fingerprint density at radius 2 is 1.79 bits per heavy atom. The van der Waals surface area contributed by atoms with Gasteiger partial charge < -0.3 is 15.4 Å². The van der Waals surface area contributed by atoms with Crippen LogP contribution in [0.5, 0.6) is 5.75 Å². The second-order valence-electron chi connectivity index (χ2n) is 4.98.